The lowest BCUT2D eigenvalue weighted by Gasteiger charge is -2.08. The number of rotatable bonds is 3. The molecule has 1 amide bonds. The normalized spacial score (nSPS) is 10.4. The first kappa shape index (κ1) is 14.6. The quantitative estimate of drug-likeness (QED) is 0.902. The van der Waals surface area contributed by atoms with Crippen LogP contribution in [0.5, 0.6) is 0 Å². The fourth-order valence-electron chi connectivity index (χ4n) is 1.62. The van der Waals surface area contributed by atoms with Gasteiger partial charge >= 0.3 is 0 Å². The summed E-state index contributed by atoms with van der Waals surface area (Å²) in [6, 6.07) is 6.59. The minimum absolute atomic E-state index is 0.0385. The summed E-state index contributed by atoms with van der Waals surface area (Å²) in [5, 5.41) is 2.45. The minimum atomic E-state index is -0.607. The Morgan fingerprint density at radius 2 is 1.70 bits per heavy atom. The maximum atomic E-state index is 13.4. The first-order valence-electron chi connectivity index (χ1n) is 5.64. The molecule has 0 saturated heterocycles. The van der Waals surface area contributed by atoms with E-state index in [1.54, 1.807) is 0 Å². The summed E-state index contributed by atoms with van der Waals surface area (Å²) in [5.74, 6) is -2.19. The number of benzene rings is 2. The van der Waals surface area contributed by atoms with Crippen molar-refractivity contribution in [3.63, 3.8) is 0 Å². The van der Waals surface area contributed by atoms with Crippen LogP contribution in [-0.2, 0) is 6.54 Å². The van der Waals surface area contributed by atoms with Gasteiger partial charge in [0.05, 0.1) is 5.56 Å². The topological polar surface area (TPSA) is 29.1 Å². The van der Waals surface area contributed by atoms with E-state index in [1.165, 1.54) is 6.07 Å². The molecule has 1 N–H and O–H groups in total. The molecule has 2 rings (SSSR count). The SMILES string of the molecule is O=C(NCc1cc(F)ccc1F)c1ccc(F)cc1Br. The zero-order valence-corrected chi connectivity index (χ0v) is 11.7. The molecular weight excluding hydrogens is 335 g/mol. The minimum Gasteiger partial charge on any atom is -0.348 e. The van der Waals surface area contributed by atoms with Crippen LogP contribution in [0.2, 0.25) is 0 Å². The molecule has 20 heavy (non-hydrogen) atoms. The van der Waals surface area contributed by atoms with Gasteiger partial charge in [-0.05, 0) is 52.3 Å². The Kier molecular flexibility index (Phi) is 4.44. The number of amides is 1. The molecule has 2 nitrogen and oxygen atoms in total. The van der Waals surface area contributed by atoms with Crippen LogP contribution in [0.15, 0.2) is 40.9 Å². The van der Waals surface area contributed by atoms with Gasteiger partial charge in [0, 0.05) is 16.6 Å². The zero-order valence-electron chi connectivity index (χ0n) is 10.1. The average molecular weight is 344 g/mol. The van der Waals surface area contributed by atoms with Crippen molar-refractivity contribution >= 4 is 21.8 Å². The van der Waals surface area contributed by atoms with E-state index in [-0.39, 0.29) is 22.1 Å². The molecule has 0 bridgehead atoms. The van der Waals surface area contributed by atoms with Crippen LogP contribution in [0.1, 0.15) is 15.9 Å². The van der Waals surface area contributed by atoms with Gasteiger partial charge in [0.1, 0.15) is 17.5 Å². The van der Waals surface area contributed by atoms with Crippen LogP contribution in [0.4, 0.5) is 13.2 Å². The third-order valence-electron chi connectivity index (χ3n) is 2.62. The molecule has 0 radical (unpaired) electrons. The highest BCUT2D eigenvalue weighted by Crippen LogP contribution is 2.18. The standard InChI is InChI=1S/C14H9BrF3NO/c15-12-6-10(17)1-3-11(12)14(20)19-7-8-5-9(16)2-4-13(8)18/h1-6H,7H2,(H,19,20). The first-order chi connectivity index (χ1) is 9.47. The van der Waals surface area contributed by atoms with Crippen LogP contribution < -0.4 is 5.32 Å². The molecular formula is C14H9BrF3NO. The summed E-state index contributed by atoms with van der Waals surface area (Å²) in [4.78, 5) is 11.9. The predicted octanol–water partition coefficient (Wildman–Crippen LogP) is 3.80. The van der Waals surface area contributed by atoms with Gasteiger partial charge in [0.25, 0.3) is 5.91 Å². The van der Waals surface area contributed by atoms with E-state index < -0.39 is 23.4 Å². The molecule has 0 aliphatic heterocycles. The summed E-state index contributed by atoms with van der Waals surface area (Å²) in [6.07, 6.45) is 0. The fraction of sp³-hybridized carbons (Fsp3) is 0.0714. The number of halogens is 4. The number of hydrogen-bond acceptors (Lipinski definition) is 1. The smallest absolute Gasteiger partial charge is 0.252 e. The van der Waals surface area contributed by atoms with Crippen LogP contribution in [0.25, 0.3) is 0 Å². The fourth-order valence-corrected chi connectivity index (χ4v) is 2.15. The Balaban J connectivity index is 2.10. The molecule has 0 atom stereocenters. The predicted molar refractivity (Wildman–Crippen MR) is 71.6 cm³/mol. The maximum absolute atomic E-state index is 13.4. The molecule has 0 saturated carbocycles. The van der Waals surface area contributed by atoms with E-state index in [9.17, 15) is 18.0 Å². The second-order valence-corrected chi connectivity index (χ2v) is 4.90. The molecule has 0 unspecified atom stereocenters. The van der Waals surface area contributed by atoms with Crippen molar-refractivity contribution in [3.8, 4) is 0 Å². The highest BCUT2D eigenvalue weighted by atomic mass is 79.9. The van der Waals surface area contributed by atoms with Crippen LogP contribution in [0.3, 0.4) is 0 Å². The van der Waals surface area contributed by atoms with E-state index in [1.807, 2.05) is 0 Å². The van der Waals surface area contributed by atoms with Gasteiger partial charge in [-0.2, -0.15) is 0 Å². The van der Waals surface area contributed by atoms with E-state index >= 15 is 0 Å². The van der Waals surface area contributed by atoms with E-state index in [0.717, 1.165) is 30.3 Å². The molecule has 6 heteroatoms. The molecule has 104 valence electrons. The maximum Gasteiger partial charge on any atom is 0.252 e. The van der Waals surface area contributed by atoms with Crippen molar-refractivity contribution < 1.29 is 18.0 Å². The molecule has 0 aromatic heterocycles. The summed E-state index contributed by atoms with van der Waals surface area (Å²) < 4.78 is 39.5. The van der Waals surface area contributed by atoms with Crippen molar-refractivity contribution in [1.82, 2.24) is 5.32 Å². The van der Waals surface area contributed by atoms with E-state index in [4.69, 9.17) is 0 Å². The second-order valence-electron chi connectivity index (χ2n) is 4.04. The van der Waals surface area contributed by atoms with Gasteiger partial charge in [-0.1, -0.05) is 0 Å². The van der Waals surface area contributed by atoms with Gasteiger partial charge in [-0.15, -0.1) is 0 Å². The number of carbonyl (C=O) groups excluding carboxylic acids is 1. The molecule has 0 heterocycles. The van der Waals surface area contributed by atoms with Crippen molar-refractivity contribution in [3.05, 3.63) is 69.4 Å². The molecule has 0 aliphatic carbocycles. The van der Waals surface area contributed by atoms with Crippen LogP contribution >= 0.6 is 15.9 Å². The Bertz CT molecular complexity index is 661. The molecule has 0 fully saturated rings. The Hall–Kier alpha value is -1.82. The van der Waals surface area contributed by atoms with Gasteiger partial charge in [-0.3, -0.25) is 4.79 Å². The second kappa shape index (κ2) is 6.09. The molecule has 0 spiro atoms. The Morgan fingerprint density at radius 1 is 1.05 bits per heavy atom. The summed E-state index contributed by atoms with van der Waals surface area (Å²) >= 11 is 3.07. The van der Waals surface area contributed by atoms with Crippen LogP contribution in [0, 0.1) is 17.5 Å². The third kappa shape index (κ3) is 3.39. The summed E-state index contributed by atoms with van der Waals surface area (Å²) in [6.45, 7) is -0.160. The van der Waals surface area contributed by atoms with Gasteiger partial charge < -0.3 is 5.32 Å². The summed E-state index contributed by atoms with van der Waals surface area (Å²) in [7, 11) is 0. The van der Waals surface area contributed by atoms with E-state index in [0.29, 0.717) is 0 Å². The molecule has 2 aromatic rings. The molecule has 0 aliphatic rings. The van der Waals surface area contributed by atoms with Crippen molar-refractivity contribution in [2.45, 2.75) is 6.54 Å². The monoisotopic (exact) mass is 343 g/mol. The largest absolute Gasteiger partial charge is 0.348 e. The van der Waals surface area contributed by atoms with Crippen molar-refractivity contribution in [1.29, 1.82) is 0 Å². The highest BCUT2D eigenvalue weighted by Gasteiger charge is 2.11. The lowest BCUT2D eigenvalue weighted by atomic mass is 10.1. The number of hydrogen-bond donors (Lipinski definition) is 1. The van der Waals surface area contributed by atoms with Gasteiger partial charge in [0.15, 0.2) is 0 Å². The zero-order chi connectivity index (χ0) is 14.7. The molecule has 2 aromatic carbocycles. The average Bonchev–Trinajstić information content (AvgIpc) is 2.39. The van der Waals surface area contributed by atoms with Crippen molar-refractivity contribution in [2.24, 2.45) is 0 Å². The van der Waals surface area contributed by atoms with E-state index in [2.05, 4.69) is 21.2 Å². The van der Waals surface area contributed by atoms with Crippen LogP contribution in [-0.4, -0.2) is 5.91 Å². The Morgan fingerprint density at radius 3 is 2.40 bits per heavy atom. The van der Waals surface area contributed by atoms with Gasteiger partial charge in [0.2, 0.25) is 0 Å². The summed E-state index contributed by atoms with van der Waals surface area (Å²) in [5.41, 5.74) is 0.250. The third-order valence-corrected chi connectivity index (χ3v) is 3.28. The lowest BCUT2D eigenvalue weighted by Crippen LogP contribution is -2.23. The Labute approximate surface area is 121 Å². The number of carbonyl (C=O) groups is 1. The number of nitrogens with one attached hydrogen (secondary N) is 1. The lowest BCUT2D eigenvalue weighted by molar-refractivity contribution is 0.0949. The highest BCUT2D eigenvalue weighted by molar-refractivity contribution is 9.10. The van der Waals surface area contributed by atoms with Gasteiger partial charge in [-0.25, -0.2) is 13.2 Å². The van der Waals surface area contributed by atoms with Crippen molar-refractivity contribution in [2.75, 3.05) is 0 Å². The first-order valence-corrected chi connectivity index (χ1v) is 6.44.